The van der Waals surface area contributed by atoms with Gasteiger partial charge in [0.25, 0.3) is 0 Å². The lowest BCUT2D eigenvalue weighted by atomic mass is 10.1. The molecule has 26 heavy (non-hydrogen) atoms. The summed E-state index contributed by atoms with van der Waals surface area (Å²) in [6, 6.07) is 11.8. The van der Waals surface area contributed by atoms with Crippen LogP contribution < -0.4 is 25.0 Å². The van der Waals surface area contributed by atoms with Gasteiger partial charge in [0.05, 0.1) is 0 Å². The van der Waals surface area contributed by atoms with E-state index in [0.29, 0.717) is 30.2 Å². The Morgan fingerprint density at radius 2 is 1.96 bits per heavy atom. The van der Waals surface area contributed by atoms with E-state index in [1.54, 1.807) is 18.2 Å². The molecular weight excluding hydrogens is 334 g/mol. The number of amides is 3. The van der Waals surface area contributed by atoms with E-state index in [2.05, 4.69) is 10.6 Å². The van der Waals surface area contributed by atoms with Gasteiger partial charge in [-0.25, -0.2) is 4.79 Å². The second-order valence-corrected chi connectivity index (χ2v) is 6.11. The summed E-state index contributed by atoms with van der Waals surface area (Å²) < 4.78 is 10.6. The molecule has 0 saturated heterocycles. The number of ether oxygens (including phenoxy) is 2. The van der Waals surface area contributed by atoms with Gasteiger partial charge in [-0.15, -0.1) is 0 Å². The zero-order valence-corrected chi connectivity index (χ0v) is 14.3. The van der Waals surface area contributed by atoms with E-state index in [4.69, 9.17) is 9.47 Å². The van der Waals surface area contributed by atoms with Crippen molar-refractivity contribution < 1.29 is 19.1 Å². The Hall–Kier alpha value is -3.22. The molecule has 0 spiro atoms. The van der Waals surface area contributed by atoms with E-state index >= 15 is 0 Å². The minimum absolute atomic E-state index is 0.162. The van der Waals surface area contributed by atoms with Crippen molar-refractivity contribution in [1.29, 1.82) is 0 Å². The molecule has 2 aliphatic heterocycles. The van der Waals surface area contributed by atoms with Crippen molar-refractivity contribution in [1.82, 2.24) is 5.32 Å². The van der Waals surface area contributed by atoms with Gasteiger partial charge >= 0.3 is 6.03 Å². The lowest BCUT2D eigenvalue weighted by Crippen LogP contribution is -2.49. The number of hydrogen-bond donors (Lipinski definition) is 2. The van der Waals surface area contributed by atoms with Gasteiger partial charge in [-0.2, -0.15) is 0 Å². The summed E-state index contributed by atoms with van der Waals surface area (Å²) >= 11 is 0. The highest BCUT2D eigenvalue weighted by Gasteiger charge is 2.38. The highest BCUT2D eigenvalue weighted by Crippen LogP contribution is 2.36. The van der Waals surface area contributed by atoms with Crippen LogP contribution >= 0.6 is 0 Å². The molecule has 0 fully saturated rings. The summed E-state index contributed by atoms with van der Waals surface area (Å²) in [5.41, 5.74) is 2.31. The monoisotopic (exact) mass is 353 g/mol. The number of benzene rings is 2. The Balaban J connectivity index is 1.60. The van der Waals surface area contributed by atoms with Gasteiger partial charge in [0.15, 0.2) is 11.5 Å². The van der Waals surface area contributed by atoms with Crippen molar-refractivity contribution in [3.63, 3.8) is 0 Å². The smallest absolute Gasteiger partial charge is 0.327 e. The molecule has 4 rings (SSSR count). The van der Waals surface area contributed by atoms with Gasteiger partial charge in [0.1, 0.15) is 6.04 Å². The molecule has 0 bridgehead atoms. The zero-order chi connectivity index (χ0) is 18.1. The predicted molar refractivity (Wildman–Crippen MR) is 96.7 cm³/mol. The van der Waals surface area contributed by atoms with Crippen molar-refractivity contribution in [2.45, 2.75) is 19.4 Å². The summed E-state index contributed by atoms with van der Waals surface area (Å²) in [6.45, 7) is 2.55. The molecule has 134 valence electrons. The molecule has 7 nitrogen and oxygen atoms in total. The van der Waals surface area contributed by atoms with Crippen LogP contribution in [0.25, 0.3) is 0 Å². The lowest BCUT2D eigenvalue weighted by molar-refractivity contribution is -0.122. The molecule has 2 aromatic carbocycles. The van der Waals surface area contributed by atoms with Crippen molar-refractivity contribution in [2.75, 3.05) is 23.6 Å². The van der Waals surface area contributed by atoms with Crippen LogP contribution in [0.15, 0.2) is 42.5 Å². The van der Waals surface area contributed by atoms with E-state index in [-0.39, 0.29) is 18.7 Å². The fourth-order valence-electron chi connectivity index (χ4n) is 3.30. The molecule has 2 N–H and O–H groups in total. The quantitative estimate of drug-likeness (QED) is 0.889. The normalized spacial score (nSPS) is 17.0. The number of fused-ring (bicyclic) bond motifs is 2. The molecule has 2 aromatic rings. The maximum absolute atomic E-state index is 13.0. The first-order chi connectivity index (χ1) is 12.7. The molecule has 0 aromatic heterocycles. The van der Waals surface area contributed by atoms with Gasteiger partial charge in [-0.1, -0.05) is 18.2 Å². The van der Waals surface area contributed by atoms with Gasteiger partial charge in [-0.05, 0) is 30.7 Å². The standard InChI is InChI=1S/C19H19N3O4/c1-2-20-18(23)15-9-12-5-3-4-6-14(12)22(15)19(24)21-13-7-8-16-17(10-13)26-11-25-16/h3-8,10,15H,2,9,11H2,1H3,(H,20,23)(H,21,24). The summed E-state index contributed by atoms with van der Waals surface area (Å²) in [5.74, 6) is 1.07. The Morgan fingerprint density at radius 3 is 2.81 bits per heavy atom. The largest absolute Gasteiger partial charge is 0.454 e. The average molecular weight is 353 g/mol. The van der Waals surface area contributed by atoms with Crippen LogP contribution in [0, 0.1) is 0 Å². The van der Waals surface area contributed by atoms with Gasteiger partial charge < -0.3 is 20.1 Å². The van der Waals surface area contributed by atoms with Crippen LogP contribution in [0.5, 0.6) is 11.5 Å². The highest BCUT2D eigenvalue weighted by atomic mass is 16.7. The highest BCUT2D eigenvalue weighted by molar-refractivity contribution is 6.08. The Morgan fingerprint density at radius 1 is 1.15 bits per heavy atom. The molecule has 1 unspecified atom stereocenters. The van der Waals surface area contributed by atoms with Gasteiger partial charge in [0, 0.05) is 30.4 Å². The van der Waals surface area contributed by atoms with Crippen molar-refractivity contribution in [2.24, 2.45) is 0 Å². The second-order valence-electron chi connectivity index (χ2n) is 6.11. The summed E-state index contributed by atoms with van der Waals surface area (Å²) in [4.78, 5) is 26.9. The summed E-state index contributed by atoms with van der Waals surface area (Å²) in [7, 11) is 0. The molecule has 1 atom stereocenters. The molecule has 2 aliphatic rings. The molecule has 0 radical (unpaired) electrons. The number of carbonyl (C=O) groups is 2. The maximum Gasteiger partial charge on any atom is 0.327 e. The molecule has 7 heteroatoms. The minimum Gasteiger partial charge on any atom is -0.454 e. The minimum atomic E-state index is -0.568. The number of hydrogen-bond acceptors (Lipinski definition) is 4. The number of para-hydroxylation sites is 1. The van der Waals surface area contributed by atoms with Crippen LogP contribution in [-0.4, -0.2) is 31.3 Å². The molecule has 0 aliphatic carbocycles. The van der Waals surface area contributed by atoms with Crippen molar-refractivity contribution in [3.8, 4) is 11.5 Å². The fraction of sp³-hybridized carbons (Fsp3) is 0.263. The molecule has 2 heterocycles. The van der Waals surface area contributed by atoms with Crippen LogP contribution in [0.3, 0.4) is 0 Å². The van der Waals surface area contributed by atoms with Crippen LogP contribution in [-0.2, 0) is 11.2 Å². The van der Waals surface area contributed by atoms with E-state index in [1.807, 2.05) is 31.2 Å². The van der Waals surface area contributed by atoms with E-state index in [0.717, 1.165) is 11.3 Å². The third-order valence-electron chi connectivity index (χ3n) is 4.47. The summed E-state index contributed by atoms with van der Waals surface area (Å²) in [5, 5.41) is 5.66. The third-order valence-corrected chi connectivity index (χ3v) is 4.47. The number of urea groups is 1. The first-order valence-electron chi connectivity index (χ1n) is 8.53. The Kier molecular flexibility index (Phi) is 4.12. The van der Waals surface area contributed by atoms with E-state index < -0.39 is 6.04 Å². The molecule has 3 amide bonds. The van der Waals surface area contributed by atoms with Crippen molar-refractivity contribution >= 4 is 23.3 Å². The number of likely N-dealkylation sites (N-methyl/N-ethyl adjacent to an activating group) is 1. The lowest BCUT2D eigenvalue weighted by Gasteiger charge is -2.25. The van der Waals surface area contributed by atoms with Crippen molar-refractivity contribution in [3.05, 3.63) is 48.0 Å². The van der Waals surface area contributed by atoms with E-state index in [9.17, 15) is 9.59 Å². The van der Waals surface area contributed by atoms with E-state index in [1.165, 1.54) is 4.90 Å². The summed E-state index contributed by atoms with van der Waals surface area (Å²) in [6.07, 6.45) is 0.497. The first kappa shape index (κ1) is 16.3. The third kappa shape index (κ3) is 2.81. The van der Waals surface area contributed by atoms with Crippen LogP contribution in [0.1, 0.15) is 12.5 Å². The number of anilines is 2. The number of nitrogens with zero attached hydrogens (tertiary/aromatic N) is 1. The molecular formula is C19H19N3O4. The average Bonchev–Trinajstić information content (AvgIpc) is 3.25. The van der Waals surface area contributed by atoms with Crippen LogP contribution in [0.4, 0.5) is 16.2 Å². The fourth-order valence-corrected chi connectivity index (χ4v) is 3.30. The Bertz CT molecular complexity index is 868. The number of carbonyl (C=O) groups excluding carboxylic acids is 2. The first-order valence-corrected chi connectivity index (χ1v) is 8.53. The molecule has 0 saturated carbocycles. The maximum atomic E-state index is 13.0. The van der Waals surface area contributed by atoms with Crippen LogP contribution in [0.2, 0.25) is 0 Å². The zero-order valence-electron chi connectivity index (χ0n) is 14.3. The SMILES string of the molecule is CCNC(=O)C1Cc2ccccc2N1C(=O)Nc1ccc2c(c1)OCO2. The number of rotatable bonds is 3. The topological polar surface area (TPSA) is 79.9 Å². The van der Waals surface area contributed by atoms with Gasteiger partial charge in [-0.3, -0.25) is 9.69 Å². The predicted octanol–water partition coefficient (Wildman–Crippen LogP) is 2.51. The van der Waals surface area contributed by atoms with Gasteiger partial charge in [0.2, 0.25) is 12.7 Å². The second kappa shape index (κ2) is 6.59. The Labute approximate surface area is 150 Å². The number of nitrogens with one attached hydrogen (secondary N) is 2.